The van der Waals surface area contributed by atoms with Crippen molar-refractivity contribution in [3.8, 4) is 5.75 Å². The van der Waals surface area contributed by atoms with Gasteiger partial charge in [0.05, 0.1) is 36.2 Å². The Morgan fingerprint density at radius 3 is 2.70 bits per heavy atom. The minimum Gasteiger partial charge on any atom is -0.497 e. The van der Waals surface area contributed by atoms with Gasteiger partial charge in [0, 0.05) is 10.1 Å². The molecule has 0 atom stereocenters. The number of thiophene rings is 1. The van der Waals surface area contributed by atoms with E-state index in [1.54, 1.807) is 55.8 Å². The Morgan fingerprint density at radius 2 is 1.93 bits per heavy atom. The van der Waals surface area contributed by atoms with E-state index in [4.69, 9.17) is 20.8 Å². The summed E-state index contributed by atoms with van der Waals surface area (Å²) in [5.41, 5.74) is 0.738. The highest BCUT2D eigenvalue weighted by molar-refractivity contribution is 7.21. The van der Waals surface area contributed by atoms with Crippen LogP contribution in [-0.4, -0.2) is 18.9 Å². The number of rotatable bonds is 6. The number of para-hydroxylation sites is 1. The number of anilines is 1. The maximum atomic E-state index is 12.9. The lowest BCUT2D eigenvalue weighted by molar-refractivity contribution is 0.0949. The number of hydrogen-bond donors (Lipinski definition) is 2. The average Bonchev–Trinajstić information content (AvgIpc) is 3.40. The number of nitrogens with one attached hydrogen (secondary N) is 2. The predicted octanol–water partition coefficient (Wildman–Crippen LogP) is 5.34. The molecule has 0 fully saturated rings. The maximum absolute atomic E-state index is 12.9. The number of methoxy groups -OCH3 is 1. The minimum atomic E-state index is -0.383. The van der Waals surface area contributed by atoms with Gasteiger partial charge < -0.3 is 19.8 Å². The Morgan fingerprint density at radius 1 is 1.10 bits per heavy atom. The molecule has 2 heterocycles. The Bertz CT molecular complexity index is 1220. The quantitative estimate of drug-likeness (QED) is 0.424. The van der Waals surface area contributed by atoms with E-state index >= 15 is 0 Å². The predicted molar refractivity (Wildman–Crippen MR) is 118 cm³/mol. The number of halogens is 1. The van der Waals surface area contributed by atoms with Gasteiger partial charge in [0.15, 0.2) is 0 Å². The lowest BCUT2D eigenvalue weighted by atomic mass is 10.1. The Kier molecular flexibility index (Phi) is 5.74. The van der Waals surface area contributed by atoms with Gasteiger partial charge in [-0.05, 0) is 42.5 Å². The Hall–Kier alpha value is -3.29. The normalized spacial score (nSPS) is 10.7. The van der Waals surface area contributed by atoms with Crippen LogP contribution in [0.2, 0.25) is 5.02 Å². The monoisotopic (exact) mass is 440 g/mol. The van der Waals surface area contributed by atoms with Crippen LogP contribution in [0, 0.1) is 0 Å². The van der Waals surface area contributed by atoms with Gasteiger partial charge in [-0.3, -0.25) is 9.59 Å². The number of fused-ring (bicyclic) bond motifs is 1. The number of carbonyl (C=O) groups is 2. The number of ether oxygens (including phenoxy) is 1. The molecule has 0 bridgehead atoms. The molecule has 30 heavy (non-hydrogen) atoms. The summed E-state index contributed by atoms with van der Waals surface area (Å²) in [5, 5.41) is 6.73. The molecular weight excluding hydrogens is 424 g/mol. The van der Waals surface area contributed by atoms with Crippen LogP contribution in [0.5, 0.6) is 5.75 Å². The zero-order valence-electron chi connectivity index (χ0n) is 15.9. The van der Waals surface area contributed by atoms with E-state index < -0.39 is 0 Å². The fourth-order valence-electron chi connectivity index (χ4n) is 2.96. The second kappa shape index (κ2) is 8.61. The summed E-state index contributed by atoms with van der Waals surface area (Å²) in [6, 6.07) is 15.8. The first-order chi connectivity index (χ1) is 14.6. The van der Waals surface area contributed by atoms with Crippen molar-refractivity contribution < 1.29 is 18.7 Å². The molecule has 2 amide bonds. The molecule has 6 nitrogen and oxygen atoms in total. The number of hydrogen-bond acceptors (Lipinski definition) is 5. The van der Waals surface area contributed by atoms with E-state index in [1.807, 2.05) is 12.1 Å². The maximum Gasteiger partial charge on any atom is 0.267 e. The average molecular weight is 441 g/mol. The number of benzene rings is 2. The molecule has 0 aliphatic carbocycles. The van der Waals surface area contributed by atoms with E-state index in [-0.39, 0.29) is 18.4 Å². The molecule has 2 aromatic heterocycles. The summed E-state index contributed by atoms with van der Waals surface area (Å²) in [4.78, 5) is 25.9. The zero-order valence-corrected chi connectivity index (χ0v) is 17.5. The molecule has 4 aromatic rings. The highest BCUT2D eigenvalue weighted by Gasteiger charge is 2.20. The highest BCUT2D eigenvalue weighted by atomic mass is 35.5. The first-order valence-electron chi connectivity index (χ1n) is 9.04. The van der Waals surface area contributed by atoms with Crippen molar-refractivity contribution in [2.45, 2.75) is 6.54 Å². The molecule has 4 rings (SSSR count). The fraction of sp³-hybridized carbons (Fsp3) is 0.0909. The third kappa shape index (κ3) is 4.03. The van der Waals surface area contributed by atoms with Crippen LogP contribution in [-0.2, 0) is 6.54 Å². The number of carbonyl (C=O) groups excluding carboxylic acids is 2. The second-order valence-electron chi connectivity index (χ2n) is 6.37. The van der Waals surface area contributed by atoms with E-state index in [2.05, 4.69) is 10.6 Å². The summed E-state index contributed by atoms with van der Waals surface area (Å²) in [6.45, 7) is 0.248. The van der Waals surface area contributed by atoms with Crippen molar-refractivity contribution in [2.75, 3.05) is 12.4 Å². The van der Waals surface area contributed by atoms with Crippen LogP contribution in [0.25, 0.3) is 10.1 Å². The van der Waals surface area contributed by atoms with E-state index in [0.717, 1.165) is 10.1 Å². The summed E-state index contributed by atoms with van der Waals surface area (Å²) in [7, 11) is 1.58. The standard InChI is InChI=1S/C22H17ClN2O4S/c1-28-13-8-9-16-18(11-13)30-20(19(16)23)22(27)25-17-7-3-2-6-15(17)21(26)24-12-14-5-4-10-29-14/h2-11H,12H2,1H3,(H,24,26)(H,25,27). The molecule has 0 unspecified atom stereocenters. The number of amides is 2. The molecule has 8 heteroatoms. The van der Waals surface area contributed by atoms with Gasteiger partial charge in [-0.25, -0.2) is 0 Å². The van der Waals surface area contributed by atoms with Gasteiger partial charge in [0.2, 0.25) is 0 Å². The van der Waals surface area contributed by atoms with Crippen LogP contribution in [0.1, 0.15) is 25.8 Å². The third-order valence-electron chi connectivity index (χ3n) is 4.47. The van der Waals surface area contributed by atoms with Crippen molar-refractivity contribution in [2.24, 2.45) is 0 Å². The zero-order chi connectivity index (χ0) is 21.1. The van der Waals surface area contributed by atoms with E-state index in [1.165, 1.54) is 11.3 Å². The largest absolute Gasteiger partial charge is 0.497 e. The summed E-state index contributed by atoms with van der Waals surface area (Å²) >= 11 is 7.71. The summed E-state index contributed by atoms with van der Waals surface area (Å²) < 4.78 is 11.3. The van der Waals surface area contributed by atoms with Gasteiger partial charge in [-0.15, -0.1) is 11.3 Å². The highest BCUT2D eigenvalue weighted by Crippen LogP contribution is 2.37. The number of furan rings is 1. The molecule has 0 radical (unpaired) electrons. The lowest BCUT2D eigenvalue weighted by Gasteiger charge is -2.10. The van der Waals surface area contributed by atoms with E-state index in [9.17, 15) is 9.59 Å². The van der Waals surface area contributed by atoms with Crippen molar-refractivity contribution in [3.63, 3.8) is 0 Å². The molecule has 0 saturated carbocycles. The first kappa shape index (κ1) is 20.0. The van der Waals surface area contributed by atoms with Crippen LogP contribution < -0.4 is 15.4 Å². The molecule has 0 saturated heterocycles. The summed E-state index contributed by atoms with van der Waals surface area (Å²) in [6.07, 6.45) is 1.54. The smallest absolute Gasteiger partial charge is 0.267 e. The van der Waals surface area contributed by atoms with Gasteiger partial charge >= 0.3 is 0 Å². The van der Waals surface area contributed by atoms with Gasteiger partial charge in [-0.2, -0.15) is 0 Å². The van der Waals surface area contributed by atoms with Crippen molar-refractivity contribution in [1.29, 1.82) is 0 Å². The second-order valence-corrected chi connectivity index (χ2v) is 7.80. The van der Waals surface area contributed by atoms with Crippen LogP contribution >= 0.6 is 22.9 Å². The van der Waals surface area contributed by atoms with Crippen LogP contribution in [0.3, 0.4) is 0 Å². The lowest BCUT2D eigenvalue weighted by Crippen LogP contribution is -2.24. The molecule has 152 valence electrons. The Labute approximate surface area is 181 Å². The van der Waals surface area contributed by atoms with Gasteiger partial charge in [0.25, 0.3) is 11.8 Å². The first-order valence-corrected chi connectivity index (χ1v) is 10.2. The van der Waals surface area contributed by atoms with E-state index in [0.29, 0.717) is 32.7 Å². The van der Waals surface area contributed by atoms with Gasteiger partial charge in [-0.1, -0.05) is 23.7 Å². The van der Waals surface area contributed by atoms with Crippen molar-refractivity contribution in [3.05, 3.63) is 82.1 Å². The third-order valence-corrected chi connectivity index (χ3v) is 6.12. The fourth-order valence-corrected chi connectivity index (χ4v) is 4.40. The summed E-state index contributed by atoms with van der Waals surface area (Å²) in [5.74, 6) is 0.615. The molecular formula is C22H17ClN2O4S. The topological polar surface area (TPSA) is 80.6 Å². The van der Waals surface area contributed by atoms with Gasteiger partial charge in [0.1, 0.15) is 16.4 Å². The molecule has 0 spiro atoms. The van der Waals surface area contributed by atoms with Crippen molar-refractivity contribution >= 4 is 50.5 Å². The minimum absolute atomic E-state index is 0.248. The molecule has 0 aliphatic rings. The van der Waals surface area contributed by atoms with Crippen molar-refractivity contribution in [1.82, 2.24) is 5.32 Å². The van der Waals surface area contributed by atoms with Crippen LogP contribution in [0.15, 0.2) is 65.3 Å². The van der Waals surface area contributed by atoms with Crippen LogP contribution in [0.4, 0.5) is 5.69 Å². The SMILES string of the molecule is COc1ccc2c(Cl)c(C(=O)Nc3ccccc3C(=O)NCc3ccco3)sc2c1. The molecule has 2 aromatic carbocycles. The Balaban J connectivity index is 1.56. The molecule has 2 N–H and O–H groups in total. The molecule has 0 aliphatic heterocycles.